The number of nitrogens with zero attached hydrogens (tertiary/aromatic N) is 2. The van der Waals surface area contributed by atoms with E-state index in [0.29, 0.717) is 12.2 Å². The average Bonchev–Trinajstić information content (AvgIpc) is 3.32. The number of aliphatic hydroxyl groups excluding tert-OH is 1. The van der Waals surface area contributed by atoms with E-state index in [0.717, 1.165) is 25.0 Å². The summed E-state index contributed by atoms with van der Waals surface area (Å²) in [6, 6.07) is 14.2. The summed E-state index contributed by atoms with van der Waals surface area (Å²) in [4.78, 5) is 2.50. The maximum absolute atomic E-state index is 9.03. The van der Waals surface area contributed by atoms with Crippen LogP contribution >= 0.6 is 0 Å². The Labute approximate surface area is 184 Å². The lowest BCUT2D eigenvalue weighted by atomic mass is 10.0. The van der Waals surface area contributed by atoms with Gasteiger partial charge in [0.2, 0.25) is 0 Å². The third-order valence-corrected chi connectivity index (χ3v) is 4.61. The molecule has 4 nitrogen and oxygen atoms in total. The molecule has 30 heavy (non-hydrogen) atoms. The number of ether oxygens (including phenoxy) is 1. The maximum Gasteiger partial charge on any atom is 0.124 e. The van der Waals surface area contributed by atoms with Gasteiger partial charge in [0.25, 0.3) is 0 Å². The zero-order valence-corrected chi connectivity index (χ0v) is 20.0. The third-order valence-electron chi connectivity index (χ3n) is 4.61. The second kappa shape index (κ2) is 16.4. The first-order valence-electron chi connectivity index (χ1n) is 11.0. The van der Waals surface area contributed by atoms with Crippen LogP contribution in [0.15, 0.2) is 36.4 Å². The van der Waals surface area contributed by atoms with Gasteiger partial charge in [0.05, 0.1) is 11.6 Å². The van der Waals surface area contributed by atoms with E-state index in [2.05, 4.69) is 36.9 Å². The van der Waals surface area contributed by atoms with Gasteiger partial charge < -0.3 is 9.84 Å². The van der Waals surface area contributed by atoms with E-state index in [1.165, 1.54) is 42.6 Å². The molecule has 1 aliphatic rings. The molecule has 3 rings (SSSR count). The molecule has 2 aromatic rings. The molecule has 4 heteroatoms. The molecule has 166 valence electrons. The molecule has 0 bridgehead atoms. The predicted octanol–water partition coefficient (Wildman–Crippen LogP) is 6.01. The Bertz CT molecular complexity index is 760. The monoisotopic (exact) mass is 412 g/mol. The number of hydrogen-bond donors (Lipinski definition) is 1. The highest BCUT2D eigenvalue weighted by molar-refractivity contribution is 5.43. The van der Waals surface area contributed by atoms with E-state index >= 15 is 0 Å². The number of benzene rings is 2. The fourth-order valence-electron chi connectivity index (χ4n) is 3.35. The van der Waals surface area contributed by atoms with Gasteiger partial charge in [-0.1, -0.05) is 45.9 Å². The van der Waals surface area contributed by atoms with E-state index in [1.807, 2.05) is 52.0 Å². The largest absolute Gasteiger partial charge is 0.489 e. The molecule has 0 atom stereocenters. The molecule has 0 amide bonds. The van der Waals surface area contributed by atoms with E-state index < -0.39 is 0 Å². The Morgan fingerprint density at radius 2 is 1.63 bits per heavy atom. The lowest BCUT2D eigenvalue weighted by Crippen LogP contribution is -2.19. The van der Waals surface area contributed by atoms with Crippen LogP contribution in [0.25, 0.3) is 0 Å². The molecule has 0 unspecified atom stereocenters. The molecule has 0 aromatic heterocycles. The van der Waals surface area contributed by atoms with Crippen LogP contribution in [-0.4, -0.2) is 30.2 Å². The van der Waals surface area contributed by atoms with Crippen molar-refractivity contribution in [2.75, 3.05) is 20.2 Å². The molecule has 2 aromatic carbocycles. The van der Waals surface area contributed by atoms with Crippen molar-refractivity contribution in [1.82, 2.24) is 4.90 Å². The lowest BCUT2D eigenvalue weighted by molar-refractivity contribution is 0.285. The van der Waals surface area contributed by atoms with Crippen LogP contribution in [-0.2, 0) is 13.2 Å². The minimum absolute atomic E-state index is 0.491. The van der Waals surface area contributed by atoms with Crippen LogP contribution in [0.5, 0.6) is 5.75 Å². The Kier molecular flexibility index (Phi) is 15.2. The smallest absolute Gasteiger partial charge is 0.124 e. The molecule has 0 radical (unpaired) electrons. The number of rotatable bonds is 5. The summed E-state index contributed by atoms with van der Waals surface area (Å²) in [5.74, 6) is 0.974. The van der Waals surface area contributed by atoms with Gasteiger partial charge in [-0.05, 0) is 74.7 Å². The quantitative estimate of drug-likeness (QED) is 0.653. The zero-order chi connectivity index (χ0) is 22.9. The predicted molar refractivity (Wildman–Crippen MR) is 127 cm³/mol. The van der Waals surface area contributed by atoms with Crippen molar-refractivity contribution in [2.24, 2.45) is 0 Å². The summed E-state index contributed by atoms with van der Waals surface area (Å²) in [5.41, 5.74) is 5.51. The van der Waals surface area contributed by atoms with Crippen molar-refractivity contribution in [3.8, 4) is 11.8 Å². The topological polar surface area (TPSA) is 56.5 Å². The molecule has 0 aliphatic carbocycles. The molecule has 0 spiro atoms. The number of nitriles is 1. The van der Waals surface area contributed by atoms with Crippen LogP contribution in [0.1, 0.15) is 68.4 Å². The fraction of sp³-hybridized carbons (Fsp3) is 0.500. The van der Waals surface area contributed by atoms with Gasteiger partial charge in [0.15, 0.2) is 0 Å². The Morgan fingerprint density at radius 3 is 2.23 bits per heavy atom. The normalized spacial score (nSPS) is 12.2. The summed E-state index contributed by atoms with van der Waals surface area (Å²) >= 11 is 0. The van der Waals surface area contributed by atoms with Crippen molar-refractivity contribution in [3.05, 3.63) is 64.2 Å². The standard InChI is InChI=1S/C21H24N2O.2C2H6.CH4O/c1-16-10-17(2)20(14-23-8-3-4-9-23)21(11-16)24-15-19-7-5-6-18(12-19)13-22;3*1-2/h5-7,10-12H,3-4,8-9,14-15H2,1-2H3;2*1-2H3;2H,1H3. The lowest BCUT2D eigenvalue weighted by Gasteiger charge is -2.20. The third kappa shape index (κ3) is 8.98. The SMILES string of the molecule is CC.CC.CO.Cc1cc(C)c(CN2CCCC2)c(OCc2cccc(C#N)c2)c1. The highest BCUT2D eigenvalue weighted by atomic mass is 16.5. The van der Waals surface area contributed by atoms with Crippen molar-refractivity contribution >= 4 is 0 Å². The number of aliphatic hydroxyl groups is 1. The fourth-order valence-corrected chi connectivity index (χ4v) is 3.35. The van der Waals surface area contributed by atoms with Gasteiger partial charge >= 0.3 is 0 Å². The average molecular weight is 413 g/mol. The molecule has 1 aliphatic heterocycles. The first-order valence-corrected chi connectivity index (χ1v) is 11.0. The Balaban J connectivity index is 0.00000129. The molecule has 1 heterocycles. The van der Waals surface area contributed by atoms with Crippen molar-refractivity contribution in [1.29, 1.82) is 5.26 Å². The zero-order valence-electron chi connectivity index (χ0n) is 20.0. The number of hydrogen-bond acceptors (Lipinski definition) is 4. The maximum atomic E-state index is 9.03. The van der Waals surface area contributed by atoms with Gasteiger partial charge in [-0.15, -0.1) is 0 Å². The first kappa shape index (κ1) is 27.7. The summed E-state index contributed by atoms with van der Waals surface area (Å²) in [6.45, 7) is 16.1. The molecule has 1 saturated heterocycles. The molecule has 1 N–H and O–H groups in total. The van der Waals surface area contributed by atoms with Gasteiger partial charge in [0.1, 0.15) is 12.4 Å². The van der Waals surface area contributed by atoms with Crippen molar-refractivity contribution < 1.29 is 9.84 Å². The van der Waals surface area contributed by atoms with Crippen LogP contribution in [0.2, 0.25) is 0 Å². The van der Waals surface area contributed by atoms with Crippen LogP contribution in [0.3, 0.4) is 0 Å². The second-order valence-electron chi connectivity index (χ2n) is 6.64. The van der Waals surface area contributed by atoms with Gasteiger partial charge in [-0.3, -0.25) is 4.90 Å². The van der Waals surface area contributed by atoms with Gasteiger partial charge in [-0.2, -0.15) is 5.26 Å². The number of likely N-dealkylation sites (tertiary alicyclic amines) is 1. The van der Waals surface area contributed by atoms with Crippen LogP contribution in [0, 0.1) is 25.2 Å². The van der Waals surface area contributed by atoms with Gasteiger partial charge in [-0.25, -0.2) is 0 Å². The minimum atomic E-state index is 0.491. The highest BCUT2D eigenvalue weighted by Gasteiger charge is 2.16. The number of aryl methyl sites for hydroxylation is 2. The highest BCUT2D eigenvalue weighted by Crippen LogP contribution is 2.28. The van der Waals surface area contributed by atoms with Crippen LogP contribution < -0.4 is 4.74 Å². The molecule has 0 saturated carbocycles. The molecular formula is C26H40N2O2. The van der Waals surface area contributed by atoms with E-state index in [-0.39, 0.29) is 0 Å². The molecular weight excluding hydrogens is 372 g/mol. The summed E-state index contributed by atoms with van der Waals surface area (Å²) in [5, 5.41) is 16.0. The summed E-state index contributed by atoms with van der Waals surface area (Å²) in [6.07, 6.45) is 2.59. The summed E-state index contributed by atoms with van der Waals surface area (Å²) in [7, 11) is 1.00. The Hall–Kier alpha value is -2.35. The first-order chi connectivity index (χ1) is 14.7. The minimum Gasteiger partial charge on any atom is -0.489 e. The van der Waals surface area contributed by atoms with Crippen molar-refractivity contribution in [2.45, 2.75) is 67.5 Å². The Morgan fingerprint density at radius 1 is 1.00 bits per heavy atom. The van der Waals surface area contributed by atoms with E-state index in [4.69, 9.17) is 15.1 Å². The van der Waals surface area contributed by atoms with Gasteiger partial charge in [0, 0.05) is 19.2 Å². The second-order valence-corrected chi connectivity index (χ2v) is 6.64. The van der Waals surface area contributed by atoms with Crippen LogP contribution in [0.4, 0.5) is 0 Å². The molecule has 1 fully saturated rings. The van der Waals surface area contributed by atoms with Crippen molar-refractivity contribution in [3.63, 3.8) is 0 Å². The summed E-state index contributed by atoms with van der Waals surface area (Å²) < 4.78 is 6.16. The van der Waals surface area contributed by atoms with E-state index in [9.17, 15) is 0 Å². The van der Waals surface area contributed by atoms with E-state index in [1.54, 1.807) is 0 Å².